The van der Waals surface area contributed by atoms with E-state index < -0.39 is 0 Å². The number of aromatic nitrogens is 6. The number of hydrogen-bond donors (Lipinski definition) is 0. The van der Waals surface area contributed by atoms with Crippen molar-refractivity contribution in [2.24, 2.45) is 0 Å². The zero-order valence-corrected chi connectivity index (χ0v) is 14.3. The van der Waals surface area contributed by atoms with Crippen LogP contribution in [0.15, 0.2) is 54.0 Å². The molecule has 0 radical (unpaired) electrons. The van der Waals surface area contributed by atoms with Crippen LogP contribution in [0.1, 0.15) is 0 Å². The molecule has 4 heterocycles. The summed E-state index contributed by atoms with van der Waals surface area (Å²) in [6.07, 6.45) is 8.69. The van der Waals surface area contributed by atoms with Crippen LogP contribution in [-0.2, 0) is 6.54 Å². The summed E-state index contributed by atoms with van der Waals surface area (Å²) in [5, 5.41) is 8.57. The molecular formula is C17H20N8O. The second kappa shape index (κ2) is 7.44. The first kappa shape index (κ1) is 16.4. The van der Waals surface area contributed by atoms with Crippen LogP contribution in [0.5, 0.6) is 0 Å². The lowest BCUT2D eigenvalue weighted by atomic mass is 10.3. The van der Waals surface area contributed by atoms with Crippen LogP contribution >= 0.6 is 0 Å². The molecule has 26 heavy (non-hydrogen) atoms. The smallest absolute Gasteiger partial charge is 0.266 e. The molecule has 0 atom stereocenters. The molecule has 1 saturated heterocycles. The molecule has 1 fully saturated rings. The van der Waals surface area contributed by atoms with Crippen LogP contribution in [0, 0.1) is 0 Å². The van der Waals surface area contributed by atoms with Gasteiger partial charge in [-0.25, -0.2) is 14.3 Å². The molecule has 1 aliphatic rings. The van der Waals surface area contributed by atoms with Crippen molar-refractivity contribution >= 4 is 5.82 Å². The highest BCUT2D eigenvalue weighted by molar-refractivity contribution is 5.35. The van der Waals surface area contributed by atoms with Gasteiger partial charge in [0.2, 0.25) is 0 Å². The predicted molar refractivity (Wildman–Crippen MR) is 96.3 cm³/mol. The van der Waals surface area contributed by atoms with Crippen LogP contribution in [-0.4, -0.2) is 67.2 Å². The highest BCUT2D eigenvalue weighted by atomic mass is 16.1. The Morgan fingerprint density at radius 1 is 0.962 bits per heavy atom. The van der Waals surface area contributed by atoms with E-state index in [-0.39, 0.29) is 5.56 Å². The summed E-state index contributed by atoms with van der Waals surface area (Å²) >= 11 is 0. The molecule has 1 aliphatic heterocycles. The molecule has 0 aromatic carbocycles. The van der Waals surface area contributed by atoms with E-state index in [1.807, 2.05) is 12.3 Å². The van der Waals surface area contributed by atoms with E-state index in [2.05, 4.69) is 30.0 Å². The first-order valence-electron chi connectivity index (χ1n) is 8.61. The van der Waals surface area contributed by atoms with Crippen LogP contribution in [0.2, 0.25) is 0 Å². The maximum Gasteiger partial charge on any atom is 0.266 e. The van der Waals surface area contributed by atoms with Crippen molar-refractivity contribution in [3.63, 3.8) is 0 Å². The minimum Gasteiger partial charge on any atom is -0.353 e. The van der Waals surface area contributed by atoms with Gasteiger partial charge in [-0.2, -0.15) is 5.10 Å². The minimum absolute atomic E-state index is 0.0981. The molecule has 3 aromatic rings. The van der Waals surface area contributed by atoms with E-state index in [1.54, 1.807) is 35.5 Å². The maximum atomic E-state index is 12.1. The summed E-state index contributed by atoms with van der Waals surface area (Å²) in [6, 6.07) is 5.05. The quantitative estimate of drug-likeness (QED) is 0.641. The molecule has 0 saturated carbocycles. The second-order valence-corrected chi connectivity index (χ2v) is 6.10. The van der Waals surface area contributed by atoms with Gasteiger partial charge in [0, 0.05) is 63.6 Å². The summed E-state index contributed by atoms with van der Waals surface area (Å²) in [5.41, 5.74) is -0.0981. The summed E-state index contributed by atoms with van der Waals surface area (Å²) in [4.78, 5) is 25.1. The van der Waals surface area contributed by atoms with Gasteiger partial charge in [-0.15, -0.1) is 5.10 Å². The topological polar surface area (TPSA) is 85.0 Å². The third-order valence-electron chi connectivity index (χ3n) is 4.47. The van der Waals surface area contributed by atoms with E-state index in [9.17, 15) is 4.79 Å². The van der Waals surface area contributed by atoms with Gasteiger partial charge < -0.3 is 4.90 Å². The number of anilines is 1. The summed E-state index contributed by atoms with van der Waals surface area (Å²) in [7, 11) is 0. The van der Waals surface area contributed by atoms with Crippen molar-refractivity contribution in [3.8, 4) is 5.82 Å². The Morgan fingerprint density at radius 2 is 1.85 bits per heavy atom. The monoisotopic (exact) mass is 352 g/mol. The average Bonchev–Trinajstić information content (AvgIpc) is 3.23. The van der Waals surface area contributed by atoms with Crippen molar-refractivity contribution in [1.82, 2.24) is 34.4 Å². The summed E-state index contributed by atoms with van der Waals surface area (Å²) in [6.45, 7) is 4.97. The molecule has 0 spiro atoms. The van der Waals surface area contributed by atoms with Crippen molar-refractivity contribution in [1.29, 1.82) is 0 Å². The van der Waals surface area contributed by atoms with Gasteiger partial charge in [-0.3, -0.25) is 14.7 Å². The predicted octanol–water partition coefficient (Wildman–Crippen LogP) is 0.0412. The zero-order chi connectivity index (χ0) is 17.8. The maximum absolute atomic E-state index is 12.1. The molecule has 3 aromatic heterocycles. The van der Waals surface area contributed by atoms with Gasteiger partial charge in [0.05, 0.1) is 12.7 Å². The number of rotatable bonds is 5. The van der Waals surface area contributed by atoms with Crippen LogP contribution < -0.4 is 10.5 Å². The second-order valence-electron chi connectivity index (χ2n) is 6.10. The van der Waals surface area contributed by atoms with E-state index in [1.165, 1.54) is 10.7 Å². The largest absolute Gasteiger partial charge is 0.353 e. The SMILES string of the molecule is O=c1ccc(-n2cccn2)nn1CCN1CCN(c2cnccn2)CC1. The molecule has 134 valence electrons. The fourth-order valence-corrected chi connectivity index (χ4v) is 3.02. The van der Waals surface area contributed by atoms with E-state index in [4.69, 9.17) is 0 Å². The first-order valence-corrected chi connectivity index (χ1v) is 8.61. The lowest BCUT2D eigenvalue weighted by Gasteiger charge is -2.35. The number of piperazine rings is 1. The molecule has 9 heteroatoms. The molecule has 0 aliphatic carbocycles. The third kappa shape index (κ3) is 3.62. The van der Waals surface area contributed by atoms with Crippen molar-refractivity contribution in [2.75, 3.05) is 37.6 Å². The fourth-order valence-electron chi connectivity index (χ4n) is 3.02. The average molecular weight is 352 g/mol. The van der Waals surface area contributed by atoms with Gasteiger partial charge in [-0.05, 0) is 12.1 Å². The first-order chi connectivity index (χ1) is 12.8. The number of nitrogens with zero attached hydrogens (tertiary/aromatic N) is 8. The lowest BCUT2D eigenvalue weighted by molar-refractivity contribution is 0.242. The van der Waals surface area contributed by atoms with Crippen molar-refractivity contribution in [3.05, 3.63) is 59.5 Å². The van der Waals surface area contributed by atoms with Crippen molar-refractivity contribution in [2.45, 2.75) is 6.54 Å². The summed E-state index contributed by atoms with van der Waals surface area (Å²) in [5.74, 6) is 1.55. The number of hydrogen-bond acceptors (Lipinski definition) is 7. The Labute approximate surface area is 150 Å². The standard InChI is InChI=1S/C17H20N8O/c26-17-3-2-15(24-7-1-4-20-24)21-25(17)13-10-22-8-11-23(12-9-22)16-14-18-5-6-19-16/h1-7,14H,8-13H2. The third-order valence-corrected chi connectivity index (χ3v) is 4.47. The highest BCUT2D eigenvalue weighted by Crippen LogP contribution is 2.11. The Balaban J connectivity index is 1.35. The van der Waals surface area contributed by atoms with Crippen LogP contribution in [0.3, 0.4) is 0 Å². The Bertz CT molecular complexity index is 885. The van der Waals surface area contributed by atoms with E-state index >= 15 is 0 Å². The fraction of sp³-hybridized carbons (Fsp3) is 0.353. The molecule has 0 unspecified atom stereocenters. The van der Waals surface area contributed by atoms with E-state index in [0.29, 0.717) is 12.4 Å². The molecule has 0 N–H and O–H groups in total. The molecule has 4 rings (SSSR count). The molecule has 0 bridgehead atoms. The normalized spacial score (nSPS) is 15.3. The van der Waals surface area contributed by atoms with Crippen molar-refractivity contribution < 1.29 is 0 Å². The Kier molecular flexibility index (Phi) is 4.69. The van der Waals surface area contributed by atoms with Crippen LogP contribution in [0.4, 0.5) is 5.82 Å². The highest BCUT2D eigenvalue weighted by Gasteiger charge is 2.18. The Morgan fingerprint density at radius 3 is 2.58 bits per heavy atom. The minimum atomic E-state index is -0.0981. The molecule has 9 nitrogen and oxygen atoms in total. The summed E-state index contributed by atoms with van der Waals surface area (Å²) < 4.78 is 3.15. The van der Waals surface area contributed by atoms with Crippen LogP contribution in [0.25, 0.3) is 5.82 Å². The van der Waals surface area contributed by atoms with Gasteiger partial charge in [0.15, 0.2) is 5.82 Å². The Hall–Kier alpha value is -3.07. The van der Waals surface area contributed by atoms with Gasteiger partial charge in [0.25, 0.3) is 5.56 Å². The lowest BCUT2D eigenvalue weighted by Crippen LogP contribution is -2.48. The zero-order valence-electron chi connectivity index (χ0n) is 14.3. The van der Waals surface area contributed by atoms with Gasteiger partial charge in [-0.1, -0.05) is 0 Å². The molecular weight excluding hydrogens is 332 g/mol. The van der Waals surface area contributed by atoms with Gasteiger partial charge in [0.1, 0.15) is 5.82 Å². The van der Waals surface area contributed by atoms with E-state index in [0.717, 1.165) is 38.5 Å². The van der Waals surface area contributed by atoms with Gasteiger partial charge >= 0.3 is 0 Å². The molecule has 0 amide bonds.